The Morgan fingerprint density at radius 1 is 1.21 bits per heavy atom. The molecule has 1 rings (SSSR count). The summed E-state index contributed by atoms with van der Waals surface area (Å²) < 4.78 is 0. The zero-order valence-electron chi connectivity index (χ0n) is 12.6. The number of hydrogen-bond donors (Lipinski definition) is 2. The average Bonchev–Trinajstić information content (AvgIpc) is 2.46. The van der Waals surface area contributed by atoms with Gasteiger partial charge < -0.3 is 10.6 Å². The maximum Gasteiger partial charge on any atom is 0.226 e. The van der Waals surface area contributed by atoms with Gasteiger partial charge in [0.05, 0.1) is 5.41 Å². The first kappa shape index (κ1) is 16.8. The Labute approximate surface area is 122 Å². The molecule has 1 fully saturated rings. The third-order valence-electron chi connectivity index (χ3n) is 4.28. The molecular weight excluding hydrogens is 256 g/mol. The number of amides is 1. The smallest absolute Gasteiger partial charge is 0.226 e. The first-order valence-corrected chi connectivity index (χ1v) is 9.12. The van der Waals surface area contributed by atoms with Gasteiger partial charge in [0.1, 0.15) is 0 Å². The van der Waals surface area contributed by atoms with Gasteiger partial charge in [-0.2, -0.15) is 11.8 Å². The van der Waals surface area contributed by atoms with E-state index in [1.807, 2.05) is 11.8 Å². The van der Waals surface area contributed by atoms with Gasteiger partial charge in [0.2, 0.25) is 5.91 Å². The van der Waals surface area contributed by atoms with Crippen molar-refractivity contribution in [1.29, 1.82) is 0 Å². The predicted octanol–water partition coefficient (Wildman–Crippen LogP) is 2.81. The summed E-state index contributed by atoms with van der Waals surface area (Å²) in [6.07, 6.45) is 10.1. The Balaban J connectivity index is 2.15. The Morgan fingerprint density at radius 3 is 2.53 bits per heavy atom. The zero-order valence-corrected chi connectivity index (χ0v) is 13.4. The van der Waals surface area contributed by atoms with E-state index in [0.29, 0.717) is 5.91 Å². The van der Waals surface area contributed by atoms with Crippen LogP contribution in [-0.2, 0) is 4.79 Å². The van der Waals surface area contributed by atoms with E-state index >= 15 is 0 Å². The van der Waals surface area contributed by atoms with Crippen molar-refractivity contribution in [2.45, 2.75) is 51.9 Å². The number of carbonyl (C=O) groups is 1. The van der Waals surface area contributed by atoms with Gasteiger partial charge >= 0.3 is 0 Å². The topological polar surface area (TPSA) is 41.1 Å². The third kappa shape index (κ3) is 5.74. The second kappa shape index (κ2) is 9.65. The fourth-order valence-corrected chi connectivity index (χ4v) is 3.25. The van der Waals surface area contributed by atoms with Crippen molar-refractivity contribution in [1.82, 2.24) is 10.6 Å². The lowest BCUT2D eigenvalue weighted by molar-refractivity contribution is -0.132. The Kier molecular flexibility index (Phi) is 8.55. The number of piperidine rings is 1. The largest absolute Gasteiger partial charge is 0.356 e. The van der Waals surface area contributed by atoms with Crippen LogP contribution in [0, 0.1) is 5.41 Å². The molecule has 0 aliphatic carbocycles. The molecule has 0 aromatic rings. The molecule has 1 amide bonds. The molecule has 0 bridgehead atoms. The minimum atomic E-state index is -0.0932. The van der Waals surface area contributed by atoms with Crippen LogP contribution in [0.3, 0.4) is 0 Å². The standard InChI is InChI=1S/C15H30N2OS/c1-3-15(8-11-16-12-9-15)14(18)17-10-6-4-5-7-13-19-2/h16H,3-13H2,1-2H3,(H,17,18). The Hall–Kier alpha value is -0.220. The second-order valence-corrected chi connectivity index (χ2v) is 6.53. The van der Waals surface area contributed by atoms with Crippen molar-refractivity contribution in [3.05, 3.63) is 0 Å². The molecule has 0 atom stereocenters. The van der Waals surface area contributed by atoms with Crippen molar-refractivity contribution < 1.29 is 4.79 Å². The summed E-state index contributed by atoms with van der Waals surface area (Å²) in [4.78, 5) is 12.3. The molecule has 4 heteroatoms. The first-order chi connectivity index (χ1) is 9.25. The molecule has 1 saturated heterocycles. The van der Waals surface area contributed by atoms with Gasteiger partial charge in [-0.05, 0) is 57.2 Å². The van der Waals surface area contributed by atoms with Gasteiger partial charge in [-0.1, -0.05) is 19.8 Å². The summed E-state index contributed by atoms with van der Waals surface area (Å²) in [7, 11) is 0. The molecule has 3 nitrogen and oxygen atoms in total. The van der Waals surface area contributed by atoms with Gasteiger partial charge in [0.15, 0.2) is 0 Å². The fraction of sp³-hybridized carbons (Fsp3) is 0.933. The number of thioether (sulfide) groups is 1. The molecule has 19 heavy (non-hydrogen) atoms. The van der Waals surface area contributed by atoms with E-state index in [4.69, 9.17) is 0 Å². The summed E-state index contributed by atoms with van der Waals surface area (Å²) >= 11 is 1.92. The molecule has 1 heterocycles. The summed E-state index contributed by atoms with van der Waals surface area (Å²) in [5.41, 5.74) is -0.0932. The summed E-state index contributed by atoms with van der Waals surface area (Å²) in [5.74, 6) is 1.55. The van der Waals surface area contributed by atoms with Crippen molar-refractivity contribution >= 4 is 17.7 Å². The van der Waals surface area contributed by atoms with Crippen molar-refractivity contribution in [2.24, 2.45) is 5.41 Å². The molecule has 112 valence electrons. The minimum Gasteiger partial charge on any atom is -0.356 e. The van der Waals surface area contributed by atoms with Crippen LogP contribution in [0.25, 0.3) is 0 Å². The van der Waals surface area contributed by atoms with Crippen LogP contribution in [0.4, 0.5) is 0 Å². The van der Waals surface area contributed by atoms with Crippen molar-refractivity contribution in [3.63, 3.8) is 0 Å². The maximum absolute atomic E-state index is 12.3. The molecular formula is C15H30N2OS. The number of unbranched alkanes of at least 4 members (excludes halogenated alkanes) is 3. The van der Waals surface area contributed by atoms with Crippen molar-refractivity contribution in [2.75, 3.05) is 31.6 Å². The molecule has 0 saturated carbocycles. The average molecular weight is 286 g/mol. The highest BCUT2D eigenvalue weighted by atomic mass is 32.2. The molecule has 1 aliphatic rings. The van der Waals surface area contributed by atoms with E-state index in [2.05, 4.69) is 23.8 Å². The molecule has 2 N–H and O–H groups in total. The third-order valence-corrected chi connectivity index (χ3v) is 4.98. The van der Waals surface area contributed by atoms with E-state index < -0.39 is 0 Å². The molecule has 0 unspecified atom stereocenters. The van der Waals surface area contributed by atoms with Gasteiger partial charge in [-0.3, -0.25) is 4.79 Å². The summed E-state index contributed by atoms with van der Waals surface area (Å²) in [6, 6.07) is 0. The monoisotopic (exact) mass is 286 g/mol. The number of nitrogens with one attached hydrogen (secondary N) is 2. The predicted molar refractivity (Wildman–Crippen MR) is 84.7 cm³/mol. The zero-order chi connectivity index (χ0) is 14.0. The lowest BCUT2D eigenvalue weighted by atomic mass is 9.76. The highest BCUT2D eigenvalue weighted by Crippen LogP contribution is 2.32. The first-order valence-electron chi connectivity index (χ1n) is 7.73. The van der Waals surface area contributed by atoms with Crippen LogP contribution in [-0.4, -0.2) is 37.6 Å². The van der Waals surface area contributed by atoms with Gasteiger partial charge in [-0.15, -0.1) is 0 Å². The van der Waals surface area contributed by atoms with Crippen LogP contribution >= 0.6 is 11.8 Å². The molecule has 0 aromatic carbocycles. The molecule has 1 aliphatic heterocycles. The highest BCUT2D eigenvalue weighted by Gasteiger charge is 2.37. The lowest BCUT2D eigenvalue weighted by Gasteiger charge is -2.35. The summed E-state index contributed by atoms with van der Waals surface area (Å²) in [5, 5.41) is 6.51. The Bertz CT molecular complexity index is 253. The van der Waals surface area contributed by atoms with Crippen LogP contribution in [0.5, 0.6) is 0 Å². The lowest BCUT2D eigenvalue weighted by Crippen LogP contribution is -2.47. The van der Waals surface area contributed by atoms with E-state index in [-0.39, 0.29) is 5.41 Å². The highest BCUT2D eigenvalue weighted by molar-refractivity contribution is 7.98. The van der Waals surface area contributed by atoms with E-state index in [9.17, 15) is 4.79 Å². The quantitative estimate of drug-likeness (QED) is 0.640. The molecule has 0 spiro atoms. The van der Waals surface area contributed by atoms with Gasteiger partial charge in [-0.25, -0.2) is 0 Å². The fourth-order valence-electron chi connectivity index (χ4n) is 2.76. The summed E-state index contributed by atoms with van der Waals surface area (Å²) in [6.45, 7) is 4.96. The van der Waals surface area contributed by atoms with Crippen LogP contribution in [0.15, 0.2) is 0 Å². The molecule has 0 radical (unpaired) electrons. The van der Waals surface area contributed by atoms with Crippen LogP contribution in [0.1, 0.15) is 51.9 Å². The maximum atomic E-state index is 12.3. The van der Waals surface area contributed by atoms with Crippen molar-refractivity contribution in [3.8, 4) is 0 Å². The number of hydrogen-bond acceptors (Lipinski definition) is 3. The SMILES string of the molecule is CCC1(C(=O)NCCCCCCSC)CCNCC1. The molecule has 0 aromatic heterocycles. The Morgan fingerprint density at radius 2 is 1.89 bits per heavy atom. The van der Waals surface area contributed by atoms with Gasteiger partial charge in [0.25, 0.3) is 0 Å². The van der Waals surface area contributed by atoms with E-state index in [0.717, 1.165) is 45.3 Å². The normalized spacial score (nSPS) is 18.2. The minimum absolute atomic E-state index is 0.0932. The van der Waals surface area contributed by atoms with Gasteiger partial charge in [0, 0.05) is 6.54 Å². The number of carbonyl (C=O) groups excluding carboxylic acids is 1. The number of rotatable bonds is 9. The van der Waals surface area contributed by atoms with Crippen LogP contribution < -0.4 is 10.6 Å². The van der Waals surface area contributed by atoms with E-state index in [1.165, 1.54) is 25.0 Å². The van der Waals surface area contributed by atoms with E-state index in [1.54, 1.807) is 0 Å². The second-order valence-electron chi connectivity index (χ2n) is 5.55. The van der Waals surface area contributed by atoms with Crippen LogP contribution in [0.2, 0.25) is 0 Å².